The predicted octanol–water partition coefficient (Wildman–Crippen LogP) is 3.61. The quantitative estimate of drug-likeness (QED) is 0.677. The Hall–Kier alpha value is -2.44. The molecular weight excluding hydrogens is 364 g/mol. The van der Waals surface area contributed by atoms with Crippen molar-refractivity contribution in [3.63, 3.8) is 0 Å². The number of amides is 1. The van der Waals surface area contributed by atoms with E-state index in [4.69, 9.17) is 16.3 Å². The molecule has 7 heteroatoms. The number of carbonyl (C=O) groups excluding carboxylic acids is 1. The van der Waals surface area contributed by atoms with E-state index in [1.54, 1.807) is 10.7 Å². The van der Waals surface area contributed by atoms with Gasteiger partial charge in [0.25, 0.3) is 5.91 Å². The van der Waals surface area contributed by atoms with Gasteiger partial charge in [-0.1, -0.05) is 23.7 Å². The Kier molecular flexibility index (Phi) is 4.61. The van der Waals surface area contributed by atoms with Gasteiger partial charge in [0, 0.05) is 35.9 Å². The van der Waals surface area contributed by atoms with Crippen LogP contribution in [0.15, 0.2) is 36.5 Å². The van der Waals surface area contributed by atoms with Crippen LogP contribution in [0.1, 0.15) is 29.9 Å². The van der Waals surface area contributed by atoms with Gasteiger partial charge in [0.1, 0.15) is 0 Å². The van der Waals surface area contributed by atoms with Gasteiger partial charge >= 0.3 is 0 Å². The normalized spacial score (nSPS) is 20.2. The Balaban J connectivity index is 1.69. The van der Waals surface area contributed by atoms with Gasteiger partial charge in [-0.25, -0.2) is 9.50 Å². The highest BCUT2D eigenvalue weighted by Crippen LogP contribution is 2.23. The van der Waals surface area contributed by atoms with E-state index in [9.17, 15) is 4.79 Å². The maximum absolute atomic E-state index is 13.0. The van der Waals surface area contributed by atoms with Crippen LogP contribution in [0.5, 0.6) is 0 Å². The summed E-state index contributed by atoms with van der Waals surface area (Å²) in [6.45, 7) is 7.02. The zero-order valence-corrected chi connectivity index (χ0v) is 16.3. The minimum atomic E-state index is -0.0348. The molecule has 6 nitrogen and oxygen atoms in total. The number of hydrogen-bond acceptors (Lipinski definition) is 4. The number of aromatic nitrogens is 3. The van der Waals surface area contributed by atoms with Crippen molar-refractivity contribution in [3.8, 4) is 11.3 Å². The average Bonchev–Trinajstić information content (AvgIpc) is 3.06. The lowest BCUT2D eigenvalue weighted by molar-refractivity contribution is -0.0586. The van der Waals surface area contributed by atoms with Crippen molar-refractivity contribution in [2.75, 3.05) is 13.1 Å². The highest BCUT2D eigenvalue weighted by molar-refractivity contribution is 6.30. The number of halogens is 1. The van der Waals surface area contributed by atoms with Gasteiger partial charge in [-0.3, -0.25) is 4.79 Å². The summed E-state index contributed by atoms with van der Waals surface area (Å²) in [6, 6.07) is 9.40. The van der Waals surface area contributed by atoms with Gasteiger partial charge in [-0.05, 0) is 32.9 Å². The fraction of sp³-hybridized carbons (Fsp3) is 0.350. The number of carbonyl (C=O) groups is 1. The van der Waals surface area contributed by atoms with Crippen LogP contribution >= 0.6 is 11.6 Å². The van der Waals surface area contributed by atoms with Crippen LogP contribution < -0.4 is 0 Å². The van der Waals surface area contributed by atoms with Crippen LogP contribution in [0.2, 0.25) is 5.02 Å². The molecule has 0 bridgehead atoms. The molecule has 140 valence electrons. The van der Waals surface area contributed by atoms with Crippen molar-refractivity contribution >= 4 is 23.2 Å². The van der Waals surface area contributed by atoms with Crippen LogP contribution in [0, 0.1) is 6.92 Å². The molecule has 4 rings (SSSR count). The molecule has 0 radical (unpaired) electrons. The zero-order valence-electron chi connectivity index (χ0n) is 15.5. The first-order chi connectivity index (χ1) is 12.9. The molecule has 0 spiro atoms. The maximum Gasteiger partial charge on any atom is 0.257 e. The molecule has 0 aliphatic carbocycles. The molecule has 2 unspecified atom stereocenters. The van der Waals surface area contributed by atoms with Crippen LogP contribution in [-0.2, 0) is 4.74 Å². The zero-order chi connectivity index (χ0) is 19.1. The first kappa shape index (κ1) is 17.9. The third kappa shape index (κ3) is 3.42. The van der Waals surface area contributed by atoms with Crippen molar-refractivity contribution in [3.05, 3.63) is 52.8 Å². The Morgan fingerprint density at radius 3 is 2.52 bits per heavy atom. The standard InChI is InChI=1S/C20H21ClN4O2/c1-12-10-24(11-13(2)27-12)20(26)17-9-22-19-8-18(23-25(19)14(17)3)15-4-6-16(21)7-5-15/h4-9,12-13H,10-11H2,1-3H3. The molecule has 1 aromatic carbocycles. The molecule has 0 saturated carbocycles. The third-order valence-electron chi connectivity index (χ3n) is 4.80. The van der Waals surface area contributed by atoms with Crippen LogP contribution in [0.4, 0.5) is 0 Å². The number of rotatable bonds is 2. The number of nitrogens with zero attached hydrogens (tertiary/aromatic N) is 4. The average molecular weight is 385 g/mol. The number of aryl methyl sites for hydroxylation is 1. The summed E-state index contributed by atoms with van der Waals surface area (Å²) in [4.78, 5) is 19.3. The molecule has 0 N–H and O–H groups in total. The van der Waals surface area contributed by atoms with Crippen molar-refractivity contribution < 1.29 is 9.53 Å². The van der Waals surface area contributed by atoms with Gasteiger partial charge < -0.3 is 9.64 Å². The van der Waals surface area contributed by atoms with Gasteiger partial charge in [-0.2, -0.15) is 5.10 Å². The topological polar surface area (TPSA) is 59.7 Å². The monoisotopic (exact) mass is 384 g/mol. The summed E-state index contributed by atoms with van der Waals surface area (Å²) >= 11 is 5.96. The predicted molar refractivity (Wildman–Crippen MR) is 104 cm³/mol. The number of fused-ring (bicyclic) bond motifs is 1. The second kappa shape index (κ2) is 6.94. The molecule has 1 aliphatic rings. The van der Waals surface area contributed by atoms with Crippen molar-refractivity contribution in [2.24, 2.45) is 0 Å². The Morgan fingerprint density at radius 1 is 1.19 bits per heavy atom. The lowest BCUT2D eigenvalue weighted by Crippen LogP contribution is -2.48. The van der Waals surface area contributed by atoms with Crippen LogP contribution in [0.3, 0.4) is 0 Å². The number of benzene rings is 1. The Labute approximate surface area is 162 Å². The fourth-order valence-corrected chi connectivity index (χ4v) is 3.66. The molecular formula is C20H21ClN4O2. The van der Waals surface area contributed by atoms with Crippen molar-refractivity contribution in [1.29, 1.82) is 0 Å². The van der Waals surface area contributed by atoms with Crippen LogP contribution in [-0.4, -0.2) is 50.7 Å². The molecule has 1 fully saturated rings. The van der Waals surface area contributed by atoms with E-state index in [2.05, 4.69) is 10.1 Å². The van der Waals surface area contributed by atoms with Gasteiger partial charge in [0.2, 0.25) is 0 Å². The Morgan fingerprint density at radius 2 is 1.85 bits per heavy atom. The second-order valence-electron chi connectivity index (χ2n) is 7.03. The van der Waals surface area contributed by atoms with E-state index in [0.717, 1.165) is 17.0 Å². The van der Waals surface area contributed by atoms with E-state index >= 15 is 0 Å². The summed E-state index contributed by atoms with van der Waals surface area (Å²) in [5, 5.41) is 5.33. The molecule has 2 aromatic heterocycles. The lowest BCUT2D eigenvalue weighted by atomic mass is 10.1. The summed E-state index contributed by atoms with van der Waals surface area (Å²) in [5.74, 6) is -0.0348. The Bertz CT molecular complexity index is 989. The fourth-order valence-electron chi connectivity index (χ4n) is 3.53. The minimum absolute atomic E-state index is 0.0240. The summed E-state index contributed by atoms with van der Waals surface area (Å²) in [5.41, 5.74) is 3.79. The van der Waals surface area contributed by atoms with Gasteiger partial charge in [0.15, 0.2) is 5.65 Å². The largest absolute Gasteiger partial charge is 0.372 e. The number of morpholine rings is 1. The van der Waals surface area contributed by atoms with Crippen LogP contribution in [0.25, 0.3) is 16.9 Å². The van der Waals surface area contributed by atoms with Gasteiger partial charge in [0.05, 0.1) is 29.2 Å². The second-order valence-corrected chi connectivity index (χ2v) is 7.47. The first-order valence-corrected chi connectivity index (χ1v) is 9.36. The maximum atomic E-state index is 13.0. The summed E-state index contributed by atoms with van der Waals surface area (Å²) in [7, 11) is 0. The number of hydrogen-bond donors (Lipinski definition) is 0. The minimum Gasteiger partial charge on any atom is -0.372 e. The van der Waals surface area contributed by atoms with Gasteiger partial charge in [-0.15, -0.1) is 0 Å². The summed E-state index contributed by atoms with van der Waals surface area (Å²) < 4.78 is 7.45. The SMILES string of the molecule is Cc1c(C(=O)N2CC(C)OC(C)C2)cnc2cc(-c3ccc(Cl)cc3)nn12. The third-order valence-corrected chi connectivity index (χ3v) is 5.05. The molecule has 3 aromatic rings. The van der Waals surface area contributed by atoms with E-state index in [0.29, 0.717) is 29.3 Å². The van der Waals surface area contributed by atoms with E-state index in [1.165, 1.54) is 0 Å². The lowest BCUT2D eigenvalue weighted by Gasteiger charge is -2.35. The molecule has 3 heterocycles. The molecule has 2 atom stereocenters. The highest BCUT2D eigenvalue weighted by atomic mass is 35.5. The van der Waals surface area contributed by atoms with E-state index in [-0.39, 0.29) is 18.1 Å². The highest BCUT2D eigenvalue weighted by Gasteiger charge is 2.28. The first-order valence-electron chi connectivity index (χ1n) is 8.98. The molecule has 1 aliphatic heterocycles. The van der Waals surface area contributed by atoms with Crippen molar-refractivity contribution in [2.45, 2.75) is 33.0 Å². The smallest absolute Gasteiger partial charge is 0.257 e. The van der Waals surface area contributed by atoms with Crippen molar-refractivity contribution in [1.82, 2.24) is 19.5 Å². The van der Waals surface area contributed by atoms with E-state index < -0.39 is 0 Å². The summed E-state index contributed by atoms with van der Waals surface area (Å²) in [6.07, 6.45) is 1.69. The molecule has 27 heavy (non-hydrogen) atoms. The van der Waals surface area contributed by atoms with E-state index in [1.807, 2.05) is 56.0 Å². The number of ether oxygens (including phenoxy) is 1. The molecule has 1 saturated heterocycles. The molecule has 1 amide bonds.